The predicted molar refractivity (Wildman–Crippen MR) is 111 cm³/mol. The van der Waals surface area contributed by atoms with E-state index in [1.807, 2.05) is 38.1 Å². The van der Waals surface area contributed by atoms with Crippen molar-refractivity contribution in [3.8, 4) is 11.8 Å². The number of amides is 1. The summed E-state index contributed by atoms with van der Waals surface area (Å²) in [6.45, 7) is 6.10. The minimum atomic E-state index is -0.523. The van der Waals surface area contributed by atoms with E-state index in [4.69, 9.17) is 4.74 Å². The maximum atomic E-state index is 13.4. The van der Waals surface area contributed by atoms with Crippen LogP contribution in [0.1, 0.15) is 62.6 Å². The van der Waals surface area contributed by atoms with Crippen LogP contribution in [-0.4, -0.2) is 12.0 Å². The highest BCUT2D eigenvalue weighted by atomic mass is 16.5. The topological polar surface area (TPSA) is 62.1 Å². The SMILES string of the molecule is CC[C@@H](C)Oc1ccc(NC(=O)C2(c3cccc(C)c3)CCCC2)c(C#N)c1. The molecule has 0 heterocycles. The largest absolute Gasteiger partial charge is 0.491 e. The molecule has 4 nitrogen and oxygen atoms in total. The molecule has 2 aromatic carbocycles. The van der Waals surface area contributed by atoms with E-state index >= 15 is 0 Å². The van der Waals surface area contributed by atoms with E-state index in [-0.39, 0.29) is 12.0 Å². The third-order valence-electron chi connectivity index (χ3n) is 5.73. The molecule has 0 spiro atoms. The average Bonchev–Trinajstić information content (AvgIpc) is 3.20. The lowest BCUT2D eigenvalue weighted by Crippen LogP contribution is -2.38. The lowest BCUT2D eigenvalue weighted by molar-refractivity contribution is -0.121. The lowest BCUT2D eigenvalue weighted by Gasteiger charge is -2.29. The summed E-state index contributed by atoms with van der Waals surface area (Å²) in [5, 5.41) is 12.6. The molecule has 1 amide bonds. The van der Waals surface area contributed by atoms with Crippen molar-refractivity contribution in [2.75, 3.05) is 5.32 Å². The Kier molecular flexibility index (Phi) is 6.04. The van der Waals surface area contributed by atoms with Gasteiger partial charge in [-0.25, -0.2) is 0 Å². The number of ether oxygens (including phenoxy) is 1. The van der Waals surface area contributed by atoms with Gasteiger partial charge in [-0.05, 0) is 50.8 Å². The number of nitriles is 1. The van der Waals surface area contributed by atoms with Crippen LogP contribution >= 0.6 is 0 Å². The van der Waals surface area contributed by atoms with Crippen molar-refractivity contribution in [3.63, 3.8) is 0 Å². The maximum absolute atomic E-state index is 13.4. The first-order valence-corrected chi connectivity index (χ1v) is 10.1. The van der Waals surface area contributed by atoms with Gasteiger partial charge in [-0.3, -0.25) is 4.79 Å². The van der Waals surface area contributed by atoms with Crippen molar-refractivity contribution in [3.05, 3.63) is 59.2 Å². The Morgan fingerprint density at radius 3 is 2.64 bits per heavy atom. The van der Waals surface area contributed by atoms with E-state index in [1.165, 1.54) is 0 Å². The third-order valence-corrected chi connectivity index (χ3v) is 5.73. The van der Waals surface area contributed by atoms with Gasteiger partial charge in [-0.1, -0.05) is 49.6 Å². The van der Waals surface area contributed by atoms with Gasteiger partial charge in [0, 0.05) is 6.07 Å². The number of hydrogen-bond acceptors (Lipinski definition) is 3. The van der Waals surface area contributed by atoms with Crippen LogP contribution in [0.15, 0.2) is 42.5 Å². The zero-order valence-corrected chi connectivity index (χ0v) is 16.9. The molecule has 2 aromatic rings. The Bertz CT molecular complexity index is 892. The average molecular weight is 377 g/mol. The van der Waals surface area contributed by atoms with Gasteiger partial charge in [-0.2, -0.15) is 5.26 Å². The van der Waals surface area contributed by atoms with Crippen LogP contribution < -0.4 is 10.1 Å². The first-order valence-electron chi connectivity index (χ1n) is 10.1. The molecule has 146 valence electrons. The smallest absolute Gasteiger partial charge is 0.235 e. The number of carbonyl (C=O) groups is 1. The number of anilines is 1. The second kappa shape index (κ2) is 8.48. The number of aryl methyl sites for hydroxylation is 1. The van der Waals surface area contributed by atoms with E-state index in [0.29, 0.717) is 17.0 Å². The lowest BCUT2D eigenvalue weighted by atomic mass is 9.77. The molecule has 28 heavy (non-hydrogen) atoms. The number of nitrogens with one attached hydrogen (secondary N) is 1. The standard InChI is InChI=1S/C24H28N2O2/c1-4-18(3)28-21-10-11-22(19(15-21)16-25)26-23(27)24(12-5-6-13-24)20-9-7-8-17(2)14-20/h7-11,14-15,18H,4-6,12-13H2,1-3H3,(H,26,27)/t18-/m1/s1. The summed E-state index contributed by atoms with van der Waals surface area (Å²) in [6, 6.07) is 15.7. The minimum Gasteiger partial charge on any atom is -0.491 e. The quantitative estimate of drug-likeness (QED) is 0.724. The maximum Gasteiger partial charge on any atom is 0.235 e. The summed E-state index contributed by atoms with van der Waals surface area (Å²) in [5.74, 6) is 0.626. The zero-order chi connectivity index (χ0) is 20.1. The summed E-state index contributed by atoms with van der Waals surface area (Å²) in [5.41, 5.74) is 2.66. The van der Waals surface area contributed by atoms with Crippen LogP contribution in [0.5, 0.6) is 5.75 Å². The molecule has 0 unspecified atom stereocenters. The van der Waals surface area contributed by atoms with Crippen molar-refractivity contribution in [2.24, 2.45) is 0 Å². The Balaban J connectivity index is 1.87. The Labute approximate surface area is 167 Å². The van der Waals surface area contributed by atoms with Crippen LogP contribution in [0.2, 0.25) is 0 Å². The Hall–Kier alpha value is -2.80. The third kappa shape index (κ3) is 4.04. The fraction of sp³-hybridized carbons (Fsp3) is 0.417. The highest BCUT2D eigenvalue weighted by Gasteiger charge is 2.42. The second-order valence-electron chi connectivity index (χ2n) is 7.77. The van der Waals surface area contributed by atoms with Crippen LogP contribution in [-0.2, 0) is 10.2 Å². The van der Waals surface area contributed by atoms with Gasteiger partial charge in [0.2, 0.25) is 5.91 Å². The van der Waals surface area contributed by atoms with Crippen LogP contribution in [0.3, 0.4) is 0 Å². The predicted octanol–water partition coefficient (Wildman–Crippen LogP) is 5.49. The molecular formula is C24H28N2O2. The molecule has 0 radical (unpaired) electrons. The molecule has 1 fully saturated rings. The van der Waals surface area contributed by atoms with Gasteiger partial charge in [0.25, 0.3) is 0 Å². The van der Waals surface area contributed by atoms with Gasteiger partial charge in [0.05, 0.1) is 22.8 Å². The van der Waals surface area contributed by atoms with Crippen LogP contribution in [0.4, 0.5) is 5.69 Å². The summed E-state index contributed by atoms with van der Waals surface area (Å²) in [7, 11) is 0. The number of benzene rings is 2. The van der Waals surface area contributed by atoms with E-state index in [9.17, 15) is 10.1 Å². The fourth-order valence-electron chi connectivity index (χ4n) is 3.92. The molecule has 1 atom stereocenters. The summed E-state index contributed by atoms with van der Waals surface area (Å²) >= 11 is 0. The van der Waals surface area contributed by atoms with Crippen molar-refractivity contribution in [2.45, 2.75) is 64.4 Å². The molecule has 0 bridgehead atoms. The normalized spacial score (nSPS) is 16.2. The minimum absolute atomic E-state index is 0.0253. The summed E-state index contributed by atoms with van der Waals surface area (Å²) in [6.07, 6.45) is 4.70. The van der Waals surface area contributed by atoms with Gasteiger partial charge >= 0.3 is 0 Å². The molecule has 0 saturated heterocycles. The number of nitrogens with zero attached hydrogens (tertiary/aromatic N) is 1. The highest BCUT2D eigenvalue weighted by Crippen LogP contribution is 2.42. The molecule has 3 rings (SSSR count). The van der Waals surface area contributed by atoms with Crippen molar-refractivity contribution < 1.29 is 9.53 Å². The highest BCUT2D eigenvalue weighted by molar-refractivity contribution is 6.00. The van der Waals surface area contributed by atoms with Gasteiger partial charge in [0.15, 0.2) is 0 Å². The first kappa shape index (κ1) is 19.9. The van der Waals surface area contributed by atoms with Gasteiger partial charge in [-0.15, -0.1) is 0 Å². The summed E-state index contributed by atoms with van der Waals surface area (Å²) < 4.78 is 5.80. The van der Waals surface area contributed by atoms with Crippen LogP contribution in [0.25, 0.3) is 0 Å². The van der Waals surface area contributed by atoms with Crippen LogP contribution in [0, 0.1) is 18.3 Å². The first-order chi connectivity index (χ1) is 13.5. The Morgan fingerprint density at radius 1 is 1.25 bits per heavy atom. The molecule has 0 aliphatic heterocycles. The number of carbonyl (C=O) groups excluding carboxylic acids is 1. The van der Waals surface area contributed by atoms with Gasteiger partial charge in [0.1, 0.15) is 11.8 Å². The van der Waals surface area contributed by atoms with Crippen molar-refractivity contribution in [1.29, 1.82) is 5.26 Å². The molecule has 0 aromatic heterocycles. The molecule has 1 aliphatic carbocycles. The van der Waals surface area contributed by atoms with Gasteiger partial charge < -0.3 is 10.1 Å². The molecule has 4 heteroatoms. The zero-order valence-electron chi connectivity index (χ0n) is 16.9. The molecule has 1 saturated carbocycles. The Morgan fingerprint density at radius 2 is 2.00 bits per heavy atom. The van der Waals surface area contributed by atoms with Crippen molar-refractivity contribution in [1.82, 2.24) is 0 Å². The summed E-state index contributed by atoms with van der Waals surface area (Å²) in [4.78, 5) is 13.4. The van der Waals surface area contributed by atoms with E-state index in [1.54, 1.807) is 12.1 Å². The van der Waals surface area contributed by atoms with E-state index in [0.717, 1.165) is 43.2 Å². The van der Waals surface area contributed by atoms with Crippen molar-refractivity contribution >= 4 is 11.6 Å². The second-order valence-corrected chi connectivity index (χ2v) is 7.77. The van der Waals surface area contributed by atoms with E-state index < -0.39 is 5.41 Å². The monoisotopic (exact) mass is 376 g/mol. The number of rotatable bonds is 6. The molecular weight excluding hydrogens is 348 g/mol. The molecule has 1 N–H and O–H groups in total. The van der Waals surface area contributed by atoms with E-state index in [2.05, 4.69) is 24.4 Å². The molecule has 1 aliphatic rings. The fourth-order valence-corrected chi connectivity index (χ4v) is 3.92. The number of hydrogen-bond donors (Lipinski definition) is 1.